The topological polar surface area (TPSA) is 71.5 Å². The average Bonchev–Trinajstić information content (AvgIpc) is 2.28. The third-order valence-electron chi connectivity index (χ3n) is 2.16. The molecule has 1 rings (SSSR count). The second kappa shape index (κ2) is 5.46. The van der Waals surface area contributed by atoms with E-state index in [0.717, 1.165) is 0 Å². The number of methoxy groups -OCH3 is 1. The number of esters is 1. The normalized spacial score (nSPS) is 12.0. The van der Waals surface area contributed by atoms with Gasteiger partial charge in [-0.2, -0.15) is 0 Å². The lowest BCUT2D eigenvalue weighted by Crippen LogP contribution is -2.20. The zero-order valence-corrected chi connectivity index (χ0v) is 9.65. The molecule has 1 aromatic heterocycles. The lowest BCUT2D eigenvalue weighted by atomic mass is 10.2. The van der Waals surface area contributed by atoms with Crippen LogP contribution in [0.4, 0.5) is 5.82 Å². The van der Waals surface area contributed by atoms with E-state index in [2.05, 4.69) is 15.0 Å². The highest BCUT2D eigenvalue weighted by molar-refractivity contribution is 5.90. The molecule has 1 unspecified atom stereocenters. The number of rotatable bonds is 4. The van der Waals surface area contributed by atoms with Crippen LogP contribution in [0.2, 0.25) is 0 Å². The molecule has 0 aliphatic heterocycles. The molecule has 0 bridgehead atoms. The van der Waals surface area contributed by atoms with Gasteiger partial charge in [0.2, 0.25) is 0 Å². The zero-order chi connectivity index (χ0) is 12.1. The van der Waals surface area contributed by atoms with Gasteiger partial charge in [-0.25, -0.2) is 9.78 Å². The van der Waals surface area contributed by atoms with Crippen LogP contribution in [0, 0.1) is 6.92 Å². The van der Waals surface area contributed by atoms with E-state index in [9.17, 15) is 4.79 Å². The van der Waals surface area contributed by atoms with Gasteiger partial charge >= 0.3 is 5.97 Å². The minimum atomic E-state index is -0.397. The first-order valence-electron chi connectivity index (χ1n) is 5.01. The Morgan fingerprint density at radius 3 is 2.81 bits per heavy atom. The summed E-state index contributed by atoms with van der Waals surface area (Å²) in [6.45, 7) is 3.60. The molecule has 0 fully saturated rings. The molecule has 16 heavy (non-hydrogen) atoms. The van der Waals surface area contributed by atoms with Gasteiger partial charge in [-0.05, 0) is 26.0 Å². The molecular weight excluding hydrogens is 208 g/mol. The highest BCUT2D eigenvalue weighted by atomic mass is 16.5. The maximum atomic E-state index is 11.3. The summed E-state index contributed by atoms with van der Waals surface area (Å²) in [6.07, 6.45) is 0. The molecule has 0 saturated heterocycles. The highest BCUT2D eigenvalue weighted by Crippen LogP contribution is 2.12. The molecule has 5 nitrogen and oxygen atoms in total. The summed E-state index contributed by atoms with van der Waals surface area (Å²) in [5.41, 5.74) is 1.05. The molecular formula is C11H16N2O3. The van der Waals surface area contributed by atoms with Crippen molar-refractivity contribution in [2.24, 2.45) is 0 Å². The Balaban J connectivity index is 2.86. The Bertz CT molecular complexity index is 379. The number of aromatic nitrogens is 1. The first-order valence-corrected chi connectivity index (χ1v) is 5.01. The summed E-state index contributed by atoms with van der Waals surface area (Å²) in [7, 11) is 1.34. The Morgan fingerprint density at radius 1 is 1.62 bits per heavy atom. The Hall–Kier alpha value is -1.62. The van der Waals surface area contributed by atoms with Gasteiger partial charge in [0, 0.05) is 6.04 Å². The van der Waals surface area contributed by atoms with Crippen molar-refractivity contribution in [2.45, 2.75) is 19.9 Å². The summed E-state index contributed by atoms with van der Waals surface area (Å²) in [5, 5.41) is 11.9. The maximum Gasteiger partial charge on any atom is 0.339 e. The van der Waals surface area contributed by atoms with Crippen molar-refractivity contribution >= 4 is 11.8 Å². The van der Waals surface area contributed by atoms with Crippen molar-refractivity contribution in [1.29, 1.82) is 0 Å². The molecule has 0 aliphatic carbocycles. The lowest BCUT2D eigenvalue weighted by molar-refractivity contribution is 0.0599. The molecule has 0 spiro atoms. The molecule has 1 aromatic rings. The van der Waals surface area contributed by atoms with Crippen molar-refractivity contribution < 1.29 is 14.6 Å². The van der Waals surface area contributed by atoms with Crippen LogP contribution < -0.4 is 5.32 Å². The highest BCUT2D eigenvalue weighted by Gasteiger charge is 2.11. The van der Waals surface area contributed by atoms with E-state index in [1.165, 1.54) is 7.11 Å². The van der Waals surface area contributed by atoms with E-state index in [4.69, 9.17) is 5.11 Å². The molecule has 0 aromatic carbocycles. The van der Waals surface area contributed by atoms with Crippen molar-refractivity contribution in [3.8, 4) is 0 Å². The Morgan fingerprint density at radius 2 is 2.31 bits per heavy atom. The summed E-state index contributed by atoms with van der Waals surface area (Å²) < 4.78 is 4.62. The largest absolute Gasteiger partial charge is 0.465 e. The smallest absolute Gasteiger partial charge is 0.339 e. The third kappa shape index (κ3) is 2.93. The number of nitrogens with zero attached hydrogens (tertiary/aromatic N) is 1. The number of aliphatic hydroxyl groups is 1. The van der Waals surface area contributed by atoms with E-state index in [1.807, 2.05) is 6.92 Å². The fourth-order valence-corrected chi connectivity index (χ4v) is 1.27. The van der Waals surface area contributed by atoms with Crippen LogP contribution in [-0.4, -0.2) is 35.8 Å². The minimum Gasteiger partial charge on any atom is -0.465 e. The van der Waals surface area contributed by atoms with Crippen molar-refractivity contribution in [1.82, 2.24) is 4.98 Å². The van der Waals surface area contributed by atoms with Gasteiger partial charge in [0.1, 0.15) is 5.82 Å². The Kier molecular flexibility index (Phi) is 4.25. The van der Waals surface area contributed by atoms with Crippen molar-refractivity contribution in [3.05, 3.63) is 23.4 Å². The first-order chi connectivity index (χ1) is 7.58. The molecule has 2 N–H and O–H groups in total. The van der Waals surface area contributed by atoms with Crippen LogP contribution in [0.25, 0.3) is 0 Å². The van der Waals surface area contributed by atoms with Gasteiger partial charge in [-0.1, -0.05) is 0 Å². The molecule has 0 radical (unpaired) electrons. The zero-order valence-electron chi connectivity index (χ0n) is 9.65. The average molecular weight is 224 g/mol. The predicted octanol–water partition coefficient (Wildman–Crippen LogP) is 0.969. The monoisotopic (exact) mass is 224 g/mol. The number of carbonyl (C=O) groups is 1. The third-order valence-corrected chi connectivity index (χ3v) is 2.16. The second-order valence-electron chi connectivity index (χ2n) is 3.55. The molecule has 5 heteroatoms. The van der Waals surface area contributed by atoms with Crippen molar-refractivity contribution in [3.63, 3.8) is 0 Å². The number of aliphatic hydroxyl groups excluding tert-OH is 1. The lowest BCUT2D eigenvalue weighted by Gasteiger charge is -2.12. The van der Waals surface area contributed by atoms with Gasteiger partial charge < -0.3 is 15.2 Å². The molecule has 1 atom stereocenters. The van der Waals surface area contributed by atoms with E-state index in [0.29, 0.717) is 17.1 Å². The summed E-state index contributed by atoms with van der Waals surface area (Å²) in [4.78, 5) is 15.5. The molecule has 0 amide bonds. The molecule has 0 aliphatic rings. The fraction of sp³-hybridized carbons (Fsp3) is 0.455. The standard InChI is InChI=1S/C11H16N2O3/c1-7(6-14)12-10-5-4-9(8(2)13-10)11(15)16-3/h4-5,7,14H,6H2,1-3H3,(H,12,13). The van der Waals surface area contributed by atoms with E-state index >= 15 is 0 Å². The number of carbonyl (C=O) groups excluding carboxylic acids is 1. The number of aryl methyl sites for hydroxylation is 1. The Labute approximate surface area is 94.5 Å². The summed E-state index contributed by atoms with van der Waals surface area (Å²) >= 11 is 0. The SMILES string of the molecule is COC(=O)c1ccc(NC(C)CO)nc1C. The van der Waals surface area contributed by atoms with E-state index in [-0.39, 0.29) is 12.6 Å². The number of hydrogen-bond acceptors (Lipinski definition) is 5. The number of ether oxygens (including phenoxy) is 1. The van der Waals surface area contributed by atoms with Crippen LogP contribution in [0.5, 0.6) is 0 Å². The van der Waals surface area contributed by atoms with E-state index in [1.54, 1.807) is 19.1 Å². The quantitative estimate of drug-likeness (QED) is 0.746. The fourth-order valence-electron chi connectivity index (χ4n) is 1.27. The number of anilines is 1. The van der Waals surface area contributed by atoms with E-state index < -0.39 is 5.97 Å². The predicted molar refractivity (Wildman–Crippen MR) is 60.5 cm³/mol. The van der Waals surface area contributed by atoms with Gasteiger partial charge in [0.05, 0.1) is 25.0 Å². The summed E-state index contributed by atoms with van der Waals surface area (Å²) in [5.74, 6) is 0.235. The molecule has 88 valence electrons. The number of pyridine rings is 1. The molecule has 0 saturated carbocycles. The van der Waals surface area contributed by atoms with Crippen LogP contribution in [-0.2, 0) is 4.74 Å². The second-order valence-corrected chi connectivity index (χ2v) is 3.55. The van der Waals surface area contributed by atoms with Gasteiger partial charge in [-0.15, -0.1) is 0 Å². The minimum absolute atomic E-state index is 0.0273. The summed E-state index contributed by atoms with van der Waals surface area (Å²) in [6, 6.07) is 3.27. The van der Waals surface area contributed by atoms with Crippen LogP contribution in [0.1, 0.15) is 23.0 Å². The van der Waals surface area contributed by atoms with Crippen molar-refractivity contribution in [2.75, 3.05) is 19.0 Å². The van der Waals surface area contributed by atoms with Crippen LogP contribution >= 0.6 is 0 Å². The maximum absolute atomic E-state index is 11.3. The van der Waals surface area contributed by atoms with Crippen LogP contribution in [0.15, 0.2) is 12.1 Å². The van der Waals surface area contributed by atoms with Gasteiger partial charge in [0.15, 0.2) is 0 Å². The van der Waals surface area contributed by atoms with Gasteiger partial charge in [0.25, 0.3) is 0 Å². The van der Waals surface area contributed by atoms with Crippen LogP contribution in [0.3, 0.4) is 0 Å². The van der Waals surface area contributed by atoms with Gasteiger partial charge in [-0.3, -0.25) is 0 Å². The number of hydrogen-bond donors (Lipinski definition) is 2. The first kappa shape index (κ1) is 12.4. The molecule has 1 heterocycles. The number of nitrogens with one attached hydrogen (secondary N) is 1.